The van der Waals surface area contributed by atoms with E-state index in [9.17, 15) is 4.79 Å². The lowest BCUT2D eigenvalue weighted by Gasteiger charge is -2.28. The van der Waals surface area contributed by atoms with E-state index in [1.165, 1.54) is 58.3 Å². The summed E-state index contributed by atoms with van der Waals surface area (Å²) in [5, 5.41) is 7.89. The first-order valence-electron chi connectivity index (χ1n) is 10.2. The summed E-state index contributed by atoms with van der Waals surface area (Å²) in [5.74, 6) is -0.935. The van der Waals surface area contributed by atoms with Gasteiger partial charge in [0.2, 0.25) is 0 Å². The number of carbonyl (C=O) groups is 1. The van der Waals surface area contributed by atoms with Gasteiger partial charge in [-0.25, -0.2) is 4.79 Å². The molecule has 156 valence electrons. The summed E-state index contributed by atoms with van der Waals surface area (Å²) in [7, 11) is -2.38. The SMILES string of the molecule is C=C(C)C(=O)O.CCCCCCCCCC[Si](OCC)(OCC)OCC. The van der Waals surface area contributed by atoms with E-state index >= 15 is 0 Å². The molecular formula is C20H42O5Si. The van der Waals surface area contributed by atoms with Crippen molar-refractivity contribution in [1.82, 2.24) is 0 Å². The molecule has 0 amide bonds. The maximum absolute atomic E-state index is 9.60. The molecule has 0 aliphatic heterocycles. The van der Waals surface area contributed by atoms with E-state index in [-0.39, 0.29) is 5.57 Å². The van der Waals surface area contributed by atoms with Crippen LogP contribution >= 0.6 is 0 Å². The number of unbranched alkanes of at least 4 members (excludes halogenated alkanes) is 7. The van der Waals surface area contributed by atoms with Crippen LogP contribution in [0.15, 0.2) is 12.2 Å². The molecule has 1 N–H and O–H groups in total. The fourth-order valence-electron chi connectivity index (χ4n) is 2.48. The zero-order valence-corrected chi connectivity index (χ0v) is 18.8. The van der Waals surface area contributed by atoms with Gasteiger partial charge in [0, 0.05) is 31.4 Å². The first-order valence-corrected chi connectivity index (χ1v) is 12.1. The van der Waals surface area contributed by atoms with Gasteiger partial charge in [-0.3, -0.25) is 0 Å². The predicted octanol–water partition coefficient (Wildman–Crippen LogP) is 5.82. The first-order chi connectivity index (χ1) is 12.4. The number of carboxylic acids is 1. The lowest BCUT2D eigenvalue weighted by atomic mass is 10.1. The second-order valence-corrected chi connectivity index (χ2v) is 9.02. The van der Waals surface area contributed by atoms with Crippen LogP contribution in [0.3, 0.4) is 0 Å². The van der Waals surface area contributed by atoms with Crippen molar-refractivity contribution in [2.24, 2.45) is 0 Å². The Bertz CT molecular complexity index is 318. The van der Waals surface area contributed by atoms with Crippen molar-refractivity contribution in [2.45, 2.75) is 92.0 Å². The van der Waals surface area contributed by atoms with Crippen molar-refractivity contribution >= 4 is 14.8 Å². The van der Waals surface area contributed by atoms with Crippen molar-refractivity contribution in [3.63, 3.8) is 0 Å². The van der Waals surface area contributed by atoms with Crippen molar-refractivity contribution < 1.29 is 23.2 Å². The van der Waals surface area contributed by atoms with Crippen LogP contribution < -0.4 is 0 Å². The molecule has 0 saturated heterocycles. The van der Waals surface area contributed by atoms with Gasteiger partial charge < -0.3 is 18.4 Å². The highest BCUT2D eigenvalue weighted by atomic mass is 28.4. The van der Waals surface area contributed by atoms with Crippen LogP contribution in [0, 0.1) is 0 Å². The highest BCUT2D eigenvalue weighted by molar-refractivity contribution is 6.60. The Hall–Kier alpha value is -0.693. The van der Waals surface area contributed by atoms with E-state index < -0.39 is 14.8 Å². The Labute approximate surface area is 162 Å². The van der Waals surface area contributed by atoms with Gasteiger partial charge in [-0.15, -0.1) is 0 Å². The summed E-state index contributed by atoms with van der Waals surface area (Å²) in [4.78, 5) is 9.60. The van der Waals surface area contributed by atoms with Crippen LogP contribution in [0.1, 0.15) is 86.0 Å². The molecule has 0 radical (unpaired) electrons. The normalized spacial score (nSPS) is 11.0. The van der Waals surface area contributed by atoms with Crippen molar-refractivity contribution in [3.8, 4) is 0 Å². The molecule has 0 spiro atoms. The summed E-state index contributed by atoms with van der Waals surface area (Å²) in [5.41, 5.74) is 0.176. The van der Waals surface area contributed by atoms with E-state index in [0.29, 0.717) is 19.8 Å². The molecule has 0 aromatic rings. The Morgan fingerprint density at radius 1 is 0.808 bits per heavy atom. The Kier molecular flexibility index (Phi) is 20.2. The number of hydrogen-bond acceptors (Lipinski definition) is 4. The smallest absolute Gasteiger partial charge is 0.478 e. The standard InChI is InChI=1S/C16H36O3Si.C4H6O2/c1-5-9-10-11-12-13-14-15-16-20(17-6-2,18-7-3)19-8-4;1-3(2)4(5)6/h5-16H2,1-4H3;1H2,2H3,(H,5,6). The van der Waals surface area contributed by atoms with Gasteiger partial charge in [0.25, 0.3) is 0 Å². The maximum Gasteiger partial charge on any atom is 0.500 e. The van der Waals surface area contributed by atoms with E-state index in [1.54, 1.807) is 0 Å². The molecule has 0 rings (SSSR count). The Balaban J connectivity index is 0. The lowest BCUT2D eigenvalue weighted by Crippen LogP contribution is -2.45. The van der Waals surface area contributed by atoms with Crippen molar-refractivity contribution in [1.29, 1.82) is 0 Å². The molecule has 0 heterocycles. The van der Waals surface area contributed by atoms with Crippen LogP contribution in [-0.4, -0.2) is 39.7 Å². The van der Waals surface area contributed by atoms with Gasteiger partial charge in [0.1, 0.15) is 0 Å². The zero-order valence-electron chi connectivity index (χ0n) is 17.8. The number of aliphatic carboxylic acids is 1. The molecule has 5 nitrogen and oxygen atoms in total. The molecule has 0 aromatic heterocycles. The quantitative estimate of drug-likeness (QED) is 0.204. The summed E-state index contributed by atoms with van der Waals surface area (Å²) in [6, 6.07) is 0.970. The summed E-state index contributed by atoms with van der Waals surface area (Å²) in [6.07, 6.45) is 10.6. The third-order valence-corrected chi connectivity index (χ3v) is 6.95. The lowest BCUT2D eigenvalue weighted by molar-refractivity contribution is -0.132. The zero-order chi connectivity index (χ0) is 20.3. The van der Waals surface area contributed by atoms with Crippen LogP contribution in [0.5, 0.6) is 0 Å². The molecule has 0 saturated carbocycles. The molecule has 6 heteroatoms. The average Bonchev–Trinajstić information content (AvgIpc) is 2.58. The topological polar surface area (TPSA) is 65.0 Å². The van der Waals surface area contributed by atoms with Crippen LogP contribution in [0.2, 0.25) is 6.04 Å². The van der Waals surface area contributed by atoms with Gasteiger partial charge >= 0.3 is 14.8 Å². The minimum atomic E-state index is -2.38. The Morgan fingerprint density at radius 2 is 1.15 bits per heavy atom. The fraction of sp³-hybridized carbons (Fsp3) is 0.850. The average molecular weight is 391 g/mol. The van der Waals surface area contributed by atoms with Crippen molar-refractivity contribution in [3.05, 3.63) is 12.2 Å². The molecule has 0 atom stereocenters. The highest BCUT2D eigenvalue weighted by Gasteiger charge is 2.39. The minimum absolute atomic E-state index is 0.176. The number of carboxylic acid groups (broad SMARTS) is 1. The second-order valence-electron chi connectivity index (χ2n) is 6.29. The number of hydrogen-bond donors (Lipinski definition) is 1. The molecule has 0 bridgehead atoms. The first kappa shape index (κ1) is 27.5. The predicted molar refractivity (Wildman–Crippen MR) is 110 cm³/mol. The van der Waals surface area contributed by atoms with E-state index in [1.807, 2.05) is 20.8 Å². The Morgan fingerprint density at radius 3 is 1.46 bits per heavy atom. The van der Waals surface area contributed by atoms with E-state index in [0.717, 1.165) is 6.04 Å². The van der Waals surface area contributed by atoms with Gasteiger partial charge in [0.05, 0.1) is 0 Å². The summed E-state index contributed by atoms with van der Waals surface area (Å²) >= 11 is 0. The van der Waals surface area contributed by atoms with Gasteiger partial charge in [-0.2, -0.15) is 0 Å². The van der Waals surface area contributed by atoms with Crippen molar-refractivity contribution in [2.75, 3.05) is 19.8 Å². The molecule has 26 heavy (non-hydrogen) atoms. The van der Waals surface area contributed by atoms with E-state index in [4.69, 9.17) is 18.4 Å². The minimum Gasteiger partial charge on any atom is -0.478 e. The van der Waals surface area contributed by atoms with E-state index in [2.05, 4.69) is 13.5 Å². The van der Waals surface area contributed by atoms with Crippen LogP contribution in [0.25, 0.3) is 0 Å². The maximum atomic E-state index is 9.60. The highest BCUT2D eigenvalue weighted by Crippen LogP contribution is 2.20. The molecule has 0 aliphatic rings. The second kappa shape index (κ2) is 19.1. The monoisotopic (exact) mass is 390 g/mol. The van der Waals surface area contributed by atoms with Gasteiger partial charge in [-0.05, 0) is 34.1 Å². The molecular weight excluding hydrogens is 348 g/mol. The molecule has 0 aromatic carbocycles. The molecule has 0 aliphatic carbocycles. The van der Waals surface area contributed by atoms with Gasteiger partial charge in [0.15, 0.2) is 0 Å². The fourth-order valence-corrected chi connectivity index (χ4v) is 5.16. The van der Waals surface area contributed by atoms with Crippen LogP contribution in [-0.2, 0) is 18.1 Å². The van der Waals surface area contributed by atoms with Crippen LogP contribution in [0.4, 0.5) is 0 Å². The third kappa shape index (κ3) is 16.8. The largest absolute Gasteiger partial charge is 0.500 e. The summed E-state index contributed by atoms with van der Waals surface area (Å²) in [6.45, 7) is 15.0. The third-order valence-electron chi connectivity index (χ3n) is 3.79. The number of rotatable bonds is 16. The van der Waals surface area contributed by atoms with Gasteiger partial charge in [-0.1, -0.05) is 58.4 Å². The molecule has 0 fully saturated rings. The molecule has 0 unspecified atom stereocenters. The summed E-state index contributed by atoms with van der Waals surface area (Å²) < 4.78 is 17.6.